The first-order chi connectivity index (χ1) is 8.92. The highest BCUT2D eigenvalue weighted by molar-refractivity contribution is 9.10. The summed E-state index contributed by atoms with van der Waals surface area (Å²) in [5, 5.41) is 3.22. The summed E-state index contributed by atoms with van der Waals surface area (Å²) in [7, 11) is -3.23. The largest absolute Gasteiger partial charge is 0.356 e. The number of nitrogens with one attached hydrogen (secondary N) is 2. The Hall–Kier alpha value is -1.53. The molecule has 0 heterocycles. The van der Waals surface area contributed by atoms with Crippen LogP contribution in [0.1, 0.15) is 0 Å². The number of rotatable bonds is 4. The predicted molar refractivity (Wildman–Crippen MR) is 82.3 cm³/mol. The second kappa shape index (κ2) is 5.63. The van der Waals surface area contributed by atoms with Crippen molar-refractivity contribution in [1.29, 1.82) is 0 Å². The Balaban J connectivity index is 2.08. The van der Waals surface area contributed by atoms with Gasteiger partial charge in [-0.3, -0.25) is 4.72 Å². The zero-order valence-corrected chi connectivity index (χ0v) is 12.6. The van der Waals surface area contributed by atoms with Crippen molar-refractivity contribution < 1.29 is 8.42 Å². The summed E-state index contributed by atoms with van der Waals surface area (Å²) in [5.74, 6) is 0. The Morgan fingerprint density at radius 3 is 1.74 bits per heavy atom. The van der Waals surface area contributed by atoms with Crippen molar-refractivity contribution in [3.63, 3.8) is 0 Å². The molecule has 2 aromatic rings. The number of benzene rings is 2. The maximum atomic E-state index is 11.1. The van der Waals surface area contributed by atoms with Crippen molar-refractivity contribution in [3.8, 4) is 0 Å². The Bertz CT molecular complexity index is 652. The van der Waals surface area contributed by atoms with Crippen LogP contribution in [0.15, 0.2) is 53.0 Å². The van der Waals surface area contributed by atoms with E-state index < -0.39 is 10.0 Å². The first-order valence-electron chi connectivity index (χ1n) is 5.53. The molecule has 0 atom stereocenters. The molecule has 0 saturated heterocycles. The molecule has 0 spiro atoms. The number of anilines is 3. The van der Waals surface area contributed by atoms with E-state index in [1.54, 1.807) is 12.1 Å². The van der Waals surface area contributed by atoms with Crippen LogP contribution < -0.4 is 10.0 Å². The van der Waals surface area contributed by atoms with Crippen LogP contribution in [0.25, 0.3) is 0 Å². The Morgan fingerprint density at radius 1 is 0.842 bits per heavy atom. The van der Waals surface area contributed by atoms with Crippen molar-refractivity contribution >= 4 is 43.0 Å². The molecule has 2 rings (SSSR count). The second-order valence-electron chi connectivity index (χ2n) is 4.08. The second-order valence-corrected chi connectivity index (χ2v) is 6.75. The molecule has 19 heavy (non-hydrogen) atoms. The molecule has 6 heteroatoms. The Kier molecular flexibility index (Phi) is 4.11. The van der Waals surface area contributed by atoms with Crippen LogP contribution in [0.5, 0.6) is 0 Å². The van der Waals surface area contributed by atoms with Crippen LogP contribution in [0.4, 0.5) is 17.1 Å². The van der Waals surface area contributed by atoms with Crippen molar-refractivity contribution in [3.05, 3.63) is 53.0 Å². The number of halogens is 1. The van der Waals surface area contributed by atoms with Crippen LogP contribution in [-0.2, 0) is 10.0 Å². The maximum absolute atomic E-state index is 11.1. The lowest BCUT2D eigenvalue weighted by atomic mass is 10.2. The molecule has 0 aliphatic carbocycles. The molecule has 0 amide bonds. The zero-order chi connectivity index (χ0) is 13.9. The van der Waals surface area contributed by atoms with Gasteiger partial charge in [-0.15, -0.1) is 0 Å². The third-order valence-electron chi connectivity index (χ3n) is 2.32. The summed E-state index contributed by atoms with van der Waals surface area (Å²) in [6.45, 7) is 0. The molecule has 2 aromatic carbocycles. The third kappa shape index (κ3) is 4.57. The van der Waals surface area contributed by atoms with E-state index in [0.29, 0.717) is 5.69 Å². The highest BCUT2D eigenvalue weighted by atomic mass is 79.9. The normalized spacial score (nSPS) is 11.1. The average Bonchev–Trinajstić information content (AvgIpc) is 2.33. The van der Waals surface area contributed by atoms with Gasteiger partial charge in [-0.05, 0) is 48.5 Å². The van der Waals surface area contributed by atoms with E-state index in [2.05, 4.69) is 26.0 Å². The topological polar surface area (TPSA) is 58.2 Å². The first kappa shape index (κ1) is 13.9. The van der Waals surface area contributed by atoms with E-state index in [4.69, 9.17) is 0 Å². The van der Waals surface area contributed by atoms with Crippen molar-refractivity contribution in [2.24, 2.45) is 0 Å². The van der Waals surface area contributed by atoms with Gasteiger partial charge in [0.2, 0.25) is 10.0 Å². The quantitative estimate of drug-likeness (QED) is 0.894. The van der Waals surface area contributed by atoms with Gasteiger partial charge in [0.15, 0.2) is 0 Å². The van der Waals surface area contributed by atoms with Crippen LogP contribution in [-0.4, -0.2) is 14.7 Å². The highest BCUT2D eigenvalue weighted by Crippen LogP contribution is 2.21. The van der Waals surface area contributed by atoms with Gasteiger partial charge in [0.05, 0.1) is 6.26 Å². The fraction of sp³-hybridized carbons (Fsp3) is 0.0769. The van der Waals surface area contributed by atoms with Gasteiger partial charge >= 0.3 is 0 Å². The predicted octanol–water partition coefficient (Wildman–Crippen LogP) is 3.56. The van der Waals surface area contributed by atoms with Crippen LogP contribution in [0.3, 0.4) is 0 Å². The summed E-state index contributed by atoms with van der Waals surface area (Å²) in [6.07, 6.45) is 1.13. The molecule has 0 bridgehead atoms. The Morgan fingerprint density at radius 2 is 1.26 bits per heavy atom. The maximum Gasteiger partial charge on any atom is 0.229 e. The standard InChI is InChI=1S/C13H13BrN2O2S/c1-19(17,18)16-13-8-6-12(7-9-13)15-11-4-2-10(14)3-5-11/h2-9,15-16H,1H3. The lowest BCUT2D eigenvalue weighted by Crippen LogP contribution is -2.09. The number of hydrogen-bond donors (Lipinski definition) is 2. The molecule has 0 unspecified atom stereocenters. The van der Waals surface area contributed by atoms with E-state index in [-0.39, 0.29) is 0 Å². The molecule has 4 nitrogen and oxygen atoms in total. The third-order valence-corrected chi connectivity index (χ3v) is 3.46. The minimum Gasteiger partial charge on any atom is -0.356 e. The monoisotopic (exact) mass is 340 g/mol. The molecule has 0 aromatic heterocycles. The van der Waals surface area contributed by atoms with E-state index in [1.165, 1.54) is 0 Å². The molecule has 0 saturated carbocycles. The minimum absolute atomic E-state index is 0.545. The summed E-state index contributed by atoms with van der Waals surface area (Å²) < 4.78 is 25.6. The summed E-state index contributed by atoms with van der Waals surface area (Å²) in [5.41, 5.74) is 2.40. The molecular weight excluding hydrogens is 328 g/mol. The molecule has 0 aliphatic heterocycles. The van der Waals surface area contributed by atoms with Gasteiger partial charge in [0.25, 0.3) is 0 Å². The molecule has 0 radical (unpaired) electrons. The van der Waals surface area contributed by atoms with Gasteiger partial charge in [0.1, 0.15) is 0 Å². The van der Waals surface area contributed by atoms with E-state index >= 15 is 0 Å². The fourth-order valence-corrected chi connectivity index (χ4v) is 2.36. The molecule has 2 N–H and O–H groups in total. The molecule has 0 aliphatic rings. The van der Waals surface area contributed by atoms with Crippen molar-refractivity contribution in [2.75, 3.05) is 16.3 Å². The van der Waals surface area contributed by atoms with Crippen molar-refractivity contribution in [2.45, 2.75) is 0 Å². The molecule has 100 valence electrons. The molecule has 0 fully saturated rings. The zero-order valence-electron chi connectivity index (χ0n) is 10.2. The van der Waals surface area contributed by atoms with Gasteiger partial charge in [0, 0.05) is 21.5 Å². The van der Waals surface area contributed by atoms with E-state index in [0.717, 1.165) is 22.1 Å². The van der Waals surface area contributed by atoms with Crippen LogP contribution in [0, 0.1) is 0 Å². The molecular formula is C13H13BrN2O2S. The van der Waals surface area contributed by atoms with Gasteiger partial charge < -0.3 is 5.32 Å². The fourth-order valence-electron chi connectivity index (χ4n) is 1.54. The minimum atomic E-state index is -3.23. The van der Waals surface area contributed by atoms with Gasteiger partial charge in [-0.25, -0.2) is 8.42 Å². The summed E-state index contributed by atoms with van der Waals surface area (Å²) in [6, 6.07) is 14.8. The summed E-state index contributed by atoms with van der Waals surface area (Å²) >= 11 is 3.38. The van der Waals surface area contributed by atoms with Crippen molar-refractivity contribution in [1.82, 2.24) is 0 Å². The Labute approximate surface area is 121 Å². The lowest BCUT2D eigenvalue weighted by molar-refractivity contribution is 0.607. The highest BCUT2D eigenvalue weighted by Gasteiger charge is 2.01. The number of hydrogen-bond acceptors (Lipinski definition) is 3. The van der Waals surface area contributed by atoms with Gasteiger partial charge in [-0.2, -0.15) is 0 Å². The lowest BCUT2D eigenvalue weighted by Gasteiger charge is -2.08. The van der Waals surface area contributed by atoms with E-state index in [1.807, 2.05) is 36.4 Å². The van der Waals surface area contributed by atoms with Crippen LogP contribution in [0.2, 0.25) is 0 Å². The average molecular weight is 341 g/mol. The smallest absolute Gasteiger partial charge is 0.229 e. The summed E-state index contributed by atoms with van der Waals surface area (Å²) in [4.78, 5) is 0. The van der Waals surface area contributed by atoms with E-state index in [9.17, 15) is 8.42 Å². The van der Waals surface area contributed by atoms with Crippen LogP contribution >= 0.6 is 15.9 Å². The first-order valence-corrected chi connectivity index (χ1v) is 8.21. The number of sulfonamides is 1. The SMILES string of the molecule is CS(=O)(=O)Nc1ccc(Nc2ccc(Br)cc2)cc1. The van der Waals surface area contributed by atoms with Gasteiger partial charge in [-0.1, -0.05) is 15.9 Å².